The van der Waals surface area contributed by atoms with Crippen molar-refractivity contribution < 1.29 is 14.4 Å². The van der Waals surface area contributed by atoms with Gasteiger partial charge in [0.25, 0.3) is 0 Å². The number of nitrogens with two attached hydrogens (primary N) is 1. The fourth-order valence-corrected chi connectivity index (χ4v) is 9.06. The number of nitrogens with zero attached hydrogens (tertiary/aromatic N) is 1. The van der Waals surface area contributed by atoms with Gasteiger partial charge < -0.3 is 5.73 Å². The van der Waals surface area contributed by atoms with Crippen molar-refractivity contribution in [2.45, 2.75) is 88.8 Å². The topological polar surface area (TPSA) is 89.6 Å². The number of aryl methyl sites for hydroxylation is 4. The molecular weight excluding hydrogens is 765 g/mol. The Morgan fingerprint density at radius 2 is 0.983 bits per heavy atom. The summed E-state index contributed by atoms with van der Waals surface area (Å²) in [5, 5.41) is 0. The third-order valence-electron chi connectivity index (χ3n) is 10.1. The highest BCUT2D eigenvalue weighted by molar-refractivity contribution is 7.99. The predicted molar refractivity (Wildman–Crippen MR) is 250 cm³/mol. The summed E-state index contributed by atoms with van der Waals surface area (Å²) in [7, 11) is 0. The summed E-state index contributed by atoms with van der Waals surface area (Å²) in [6, 6.07) is 41.2. The van der Waals surface area contributed by atoms with E-state index >= 15 is 0 Å². The summed E-state index contributed by atoms with van der Waals surface area (Å²) in [5.41, 5.74) is 19.2. The lowest BCUT2D eigenvalue weighted by atomic mass is 10.00. The summed E-state index contributed by atoms with van der Waals surface area (Å²) >= 11 is 3.62. The molecule has 0 fully saturated rings. The molecule has 0 bridgehead atoms. The first-order valence-corrected chi connectivity index (χ1v) is 20.7. The lowest BCUT2D eigenvalue weighted by molar-refractivity contribution is 0.0993. The lowest BCUT2D eigenvalue weighted by Gasteiger charge is -2.19. The molecule has 6 aromatic rings. The van der Waals surface area contributed by atoms with Gasteiger partial charge in [0.05, 0.1) is 6.54 Å². The van der Waals surface area contributed by atoms with Gasteiger partial charge in [-0.1, -0.05) is 134 Å². The maximum Gasteiger partial charge on any atom is 0.184 e. The van der Waals surface area contributed by atoms with E-state index in [0.717, 1.165) is 51.9 Å². The molecule has 7 heteroatoms. The molecule has 0 radical (unpaired) electrons. The molecule has 59 heavy (non-hydrogen) atoms. The molecule has 2 heterocycles. The van der Waals surface area contributed by atoms with Gasteiger partial charge >= 0.3 is 0 Å². The first kappa shape index (κ1) is 46.4. The number of fused-ring (bicyclic) bond motifs is 4. The molecule has 304 valence electrons. The van der Waals surface area contributed by atoms with Crippen molar-refractivity contribution in [1.29, 1.82) is 0 Å². The molecule has 8 rings (SSSR count). The van der Waals surface area contributed by atoms with Crippen LogP contribution in [0.3, 0.4) is 0 Å². The number of hydrogen-bond acceptors (Lipinski definition) is 7. The van der Waals surface area contributed by atoms with E-state index in [1.165, 1.54) is 53.0 Å². The quantitative estimate of drug-likeness (QED) is 0.127. The fraction of sp³-hybridized carbons (Fsp3) is 0.231. The van der Waals surface area contributed by atoms with Crippen molar-refractivity contribution in [3.8, 4) is 0 Å². The fourth-order valence-electron chi connectivity index (χ4n) is 6.95. The monoisotopic (exact) mass is 820 g/mol. The second kappa shape index (κ2) is 21.1. The molecule has 2 aliphatic heterocycles. The smallest absolute Gasteiger partial charge is 0.184 e. The average Bonchev–Trinajstić information content (AvgIpc) is 3.20. The number of hydrogen-bond donors (Lipinski definition) is 1. The van der Waals surface area contributed by atoms with Gasteiger partial charge in [0.1, 0.15) is 6.54 Å². The number of benzene rings is 6. The minimum Gasteiger partial charge on any atom is -0.324 e. The predicted octanol–water partition coefficient (Wildman–Crippen LogP) is 12.7. The number of ketones is 3. The van der Waals surface area contributed by atoms with Crippen LogP contribution in [-0.2, 0) is 12.8 Å². The molecule has 5 nitrogen and oxygen atoms in total. The third kappa shape index (κ3) is 11.7. The van der Waals surface area contributed by atoms with Gasteiger partial charge in [-0.3, -0.25) is 19.4 Å². The number of aliphatic imine (C=N–C) groups is 1. The first-order chi connectivity index (χ1) is 27.4. The molecular formula is C52H56N2O3S2. The molecule has 0 saturated heterocycles. The summed E-state index contributed by atoms with van der Waals surface area (Å²) < 4.78 is 0. The van der Waals surface area contributed by atoms with E-state index in [-0.39, 0.29) is 45.3 Å². The van der Waals surface area contributed by atoms with Gasteiger partial charge in [-0.15, -0.1) is 0 Å². The average molecular weight is 821 g/mol. The lowest BCUT2D eigenvalue weighted by Crippen LogP contribution is -2.14. The summed E-state index contributed by atoms with van der Waals surface area (Å²) in [5.74, 6) is 0.212. The highest BCUT2D eigenvalue weighted by Crippen LogP contribution is 2.40. The number of Topliss-reactive ketones (excluding diaryl/α,β-unsaturated/α-hetero) is 3. The number of rotatable bonds is 7. The van der Waals surface area contributed by atoms with E-state index in [4.69, 9.17) is 5.73 Å². The summed E-state index contributed by atoms with van der Waals surface area (Å²) in [6.45, 7) is 11.8. The van der Waals surface area contributed by atoms with E-state index in [9.17, 15) is 14.4 Å². The maximum absolute atomic E-state index is 12.6. The van der Waals surface area contributed by atoms with E-state index in [2.05, 4.69) is 77.8 Å². The normalized spacial score (nSPS) is 11.9. The molecule has 0 atom stereocenters. The zero-order chi connectivity index (χ0) is 40.6. The van der Waals surface area contributed by atoms with E-state index in [0.29, 0.717) is 0 Å². The minimum absolute atomic E-state index is 0. The van der Waals surface area contributed by atoms with Crippen LogP contribution >= 0.6 is 23.5 Å². The second-order valence-corrected chi connectivity index (χ2v) is 16.7. The Bertz CT molecular complexity index is 2520. The largest absolute Gasteiger partial charge is 0.324 e. The Labute approximate surface area is 360 Å². The zero-order valence-electron chi connectivity index (χ0n) is 33.4. The van der Waals surface area contributed by atoms with Gasteiger partial charge in [-0.2, -0.15) is 0 Å². The van der Waals surface area contributed by atoms with Crippen LogP contribution in [0.15, 0.2) is 146 Å². The van der Waals surface area contributed by atoms with Crippen LogP contribution in [0.2, 0.25) is 0 Å². The molecule has 0 saturated carbocycles. The Hall–Kier alpha value is -5.34. The number of carbonyl (C=O) groups excluding carboxylic acids is 3. The van der Waals surface area contributed by atoms with Crippen LogP contribution in [0, 0.1) is 27.7 Å². The van der Waals surface area contributed by atoms with Crippen LogP contribution in [0.25, 0.3) is 0 Å². The van der Waals surface area contributed by atoms with Crippen molar-refractivity contribution >= 4 is 46.6 Å². The molecule has 2 aliphatic rings. The van der Waals surface area contributed by atoms with Gasteiger partial charge in [-0.25, -0.2) is 0 Å². The van der Waals surface area contributed by atoms with Crippen molar-refractivity contribution in [3.63, 3.8) is 0 Å². The third-order valence-corrected chi connectivity index (χ3v) is 12.6. The Morgan fingerprint density at radius 1 is 0.542 bits per heavy atom. The maximum atomic E-state index is 12.6. The van der Waals surface area contributed by atoms with Crippen LogP contribution < -0.4 is 5.73 Å². The highest BCUT2D eigenvalue weighted by atomic mass is 32.2. The van der Waals surface area contributed by atoms with Gasteiger partial charge in [0.2, 0.25) is 0 Å². The molecule has 6 aromatic carbocycles. The van der Waals surface area contributed by atoms with Crippen molar-refractivity contribution in [3.05, 3.63) is 188 Å². The molecule has 2 N–H and O–H groups in total. The Kier molecular flexibility index (Phi) is 16.6. The van der Waals surface area contributed by atoms with Gasteiger partial charge in [0, 0.05) is 42.0 Å². The second-order valence-electron chi connectivity index (χ2n) is 14.6. The van der Waals surface area contributed by atoms with Gasteiger partial charge in [0.15, 0.2) is 17.3 Å². The summed E-state index contributed by atoms with van der Waals surface area (Å²) in [4.78, 5) is 45.0. The van der Waals surface area contributed by atoms with Crippen LogP contribution in [0.4, 0.5) is 0 Å². The van der Waals surface area contributed by atoms with Crippen molar-refractivity contribution in [2.24, 2.45) is 10.7 Å². The van der Waals surface area contributed by atoms with Crippen molar-refractivity contribution in [1.82, 2.24) is 0 Å². The first-order valence-electron chi connectivity index (χ1n) is 19.1. The molecule has 0 amide bonds. The Morgan fingerprint density at radius 3 is 1.46 bits per heavy atom. The number of carbonyl (C=O) groups is 3. The summed E-state index contributed by atoms with van der Waals surface area (Å²) in [6.07, 6.45) is 1.88. The van der Waals surface area contributed by atoms with E-state index < -0.39 is 0 Å². The van der Waals surface area contributed by atoms with Crippen LogP contribution in [-0.4, -0.2) is 36.2 Å². The van der Waals surface area contributed by atoms with Crippen LogP contribution in [0.5, 0.6) is 0 Å². The zero-order valence-corrected chi connectivity index (χ0v) is 35.1. The molecule has 0 aliphatic carbocycles. The molecule has 0 spiro atoms. The van der Waals surface area contributed by atoms with E-state index in [1.807, 2.05) is 94.9 Å². The standard InChI is InChI=1S/C25H23NOS.C15H12OS.C10H13NO.2CH4/c1-16-8-10-22(17(2)12-16)23(27)15-26-18(3)19-9-11-25-21(13-19)14-20-6-4-5-7-24(20)28-25;1-10(16)11-6-7-15-13(8-11)9-12-4-2-3-5-14(12)17-15;1-7-3-4-9(8(2)5-7)10(12)6-11;;/h4-13H,14-15H2,1-3H3;2-8H,9H2,1H3;3-5H,6,11H2,1-2H3;2*1H4. The Balaban J connectivity index is 0.000000212. The molecule has 0 aromatic heterocycles. The molecule has 0 unspecified atom stereocenters. The SMILES string of the molecule is C.C.CC(=NCC(=O)c1ccc(C)cc1C)c1ccc2c(c1)Cc1ccccc1S2.CC(=O)c1ccc2c(c1)Cc1ccccc1S2.Cc1ccc(C(=O)CN)c(C)c1. The van der Waals surface area contributed by atoms with Gasteiger partial charge in [-0.05, 0) is 130 Å². The highest BCUT2D eigenvalue weighted by Gasteiger charge is 2.18. The van der Waals surface area contributed by atoms with E-state index in [1.54, 1.807) is 18.7 Å². The minimum atomic E-state index is 0. The van der Waals surface area contributed by atoms with Crippen molar-refractivity contribution in [2.75, 3.05) is 13.1 Å². The van der Waals surface area contributed by atoms with Crippen LogP contribution in [0.1, 0.15) is 110 Å².